The highest BCUT2D eigenvalue weighted by atomic mass is 15.0. The van der Waals surface area contributed by atoms with E-state index in [0.29, 0.717) is 16.7 Å². The summed E-state index contributed by atoms with van der Waals surface area (Å²) in [5.74, 6) is 0. The fraction of sp³-hybridized carbons (Fsp3) is 0. The molecule has 9 aromatic rings. The second-order valence-electron chi connectivity index (χ2n) is 12.3. The monoisotopic (exact) mass is 635 g/mol. The van der Waals surface area contributed by atoms with Crippen molar-refractivity contribution in [1.82, 2.24) is 9.13 Å². The fourth-order valence-corrected chi connectivity index (χ4v) is 7.45. The van der Waals surface area contributed by atoms with Crippen LogP contribution in [0.5, 0.6) is 0 Å². The van der Waals surface area contributed by atoms with Crippen molar-refractivity contribution in [2.75, 3.05) is 0 Å². The second kappa shape index (κ2) is 11.4. The van der Waals surface area contributed by atoms with Crippen molar-refractivity contribution in [3.63, 3.8) is 0 Å². The van der Waals surface area contributed by atoms with Gasteiger partial charge in [0.05, 0.1) is 56.6 Å². The Kier molecular flexibility index (Phi) is 6.56. The van der Waals surface area contributed by atoms with E-state index in [4.69, 9.17) is 0 Å². The van der Waals surface area contributed by atoms with Crippen LogP contribution in [0.3, 0.4) is 0 Å². The Balaban J connectivity index is 1.20. The number of hydrogen-bond acceptors (Lipinski definition) is 3. The zero-order valence-electron chi connectivity index (χ0n) is 26.7. The first-order valence-electron chi connectivity index (χ1n) is 16.3. The van der Waals surface area contributed by atoms with E-state index in [1.54, 1.807) is 0 Å². The van der Waals surface area contributed by atoms with Gasteiger partial charge in [-0.25, -0.2) is 0 Å². The highest BCUT2D eigenvalue weighted by molar-refractivity contribution is 6.11. The van der Waals surface area contributed by atoms with Crippen molar-refractivity contribution in [1.29, 1.82) is 15.8 Å². The summed E-state index contributed by atoms with van der Waals surface area (Å²) >= 11 is 0. The molecule has 230 valence electrons. The largest absolute Gasteiger partial charge is 0.309 e. The molecule has 0 amide bonds. The summed E-state index contributed by atoms with van der Waals surface area (Å²) in [5.41, 5.74) is 11.3. The number of nitrogens with zero attached hydrogens (tertiary/aromatic N) is 5. The molecule has 5 nitrogen and oxygen atoms in total. The summed E-state index contributed by atoms with van der Waals surface area (Å²) in [5, 5.41) is 34.4. The van der Waals surface area contributed by atoms with Gasteiger partial charge in [0.25, 0.3) is 0 Å². The molecule has 0 spiro atoms. The van der Waals surface area contributed by atoms with E-state index >= 15 is 0 Å². The first kappa shape index (κ1) is 28.8. The summed E-state index contributed by atoms with van der Waals surface area (Å²) in [7, 11) is 0. The number of aromatic nitrogens is 2. The summed E-state index contributed by atoms with van der Waals surface area (Å²) < 4.78 is 4.38. The van der Waals surface area contributed by atoms with Crippen molar-refractivity contribution in [2.24, 2.45) is 0 Å². The quantitative estimate of drug-likeness (QED) is 0.193. The maximum absolute atomic E-state index is 10.6. The summed E-state index contributed by atoms with van der Waals surface area (Å²) in [6.07, 6.45) is 0. The molecule has 0 N–H and O–H groups in total. The lowest BCUT2D eigenvalue weighted by Gasteiger charge is -2.16. The first-order chi connectivity index (χ1) is 24.7. The van der Waals surface area contributed by atoms with Crippen LogP contribution < -0.4 is 0 Å². The summed E-state index contributed by atoms with van der Waals surface area (Å²) in [6.45, 7) is 0. The van der Waals surface area contributed by atoms with E-state index in [2.05, 4.69) is 94.1 Å². The number of nitriles is 3. The first-order valence-corrected chi connectivity index (χ1v) is 16.3. The van der Waals surface area contributed by atoms with Crippen molar-refractivity contribution in [3.8, 4) is 51.8 Å². The van der Waals surface area contributed by atoms with E-state index in [0.717, 1.165) is 77.2 Å². The number of benzene rings is 7. The third-order valence-electron chi connectivity index (χ3n) is 9.63. The van der Waals surface area contributed by atoms with Gasteiger partial charge in [-0.3, -0.25) is 0 Å². The van der Waals surface area contributed by atoms with E-state index in [1.807, 2.05) is 84.9 Å². The molecule has 0 saturated carbocycles. The van der Waals surface area contributed by atoms with Gasteiger partial charge >= 0.3 is 0 Å². The minimum absolute atomic E-state index is 0.566. The maximum atomic E-state index is 10.6. The average molecular weight is 636 g/mol. The summed E-state index contributed by atoms with van der Waals surface area (Å²) in [4.78, 5) is 0. The molecule has 0 unspecified atom stereocenters. The van der Waals surface area contributed by atoms with Crippen molar-refractivity contribution in [2.45, 2.75) is 0 Å². The highest BCUT2D eigenvalue weighted by Gasteiger charge is 2.19. The Morgan fingerprint density at radius 3 is 1.86 bits per heavy atom. The zero-order valence-corrected chi connectivity index (χ0v) is 26.7. The average Bonchev–Trinajstić information content (AvgIpc) is 3.70. The topological polar surface area (TPSA) is 81.2 Å². The molecule has 0 aliphatic heterocycles. The molecule has 0 radical (unpaired) electrons. The molecular weight excluding hydrogens is 611 g/mol. The summed E-state index contributed by atoms with van der Waals surface area (Å²) in [6, 6.07) is 57.8. The van der Waals surface area contributed by atoms with E-state index in [9.17, 15) is 15.8 Å². The van der Waals surface area contributed by atoms with Crippen molar-refractivity contribution >= 4 is 43.6 Å². The van der Waals surface area contributed by atoms with Crippen LogP contribution in [0.25, 0.3) is 77.2 Å². The molecule has 0 saturated heterocycles. The van der Waals surface area contributed by atoms with Crippen LogP contribution >= 0.6 is 0 Å². The lowest BCUT2D eigenvalue weighted by molar-refractivity contribution is 1.18. The Bertz CT molecular complexity index is 2970. The second-order valence-corrected chi connectivity index (χ2v) is 12.3. The van der Waals surface area contributed by atoms with Gasteiger partial charge in [-0.15, -0.1) is 0 Å². The predicted octanol–water partition coefficient (Wildman–Crippen LogP) is 10.8. The number of rotatable bonds is 4. The van der Waals surface area contributed by atoms with Crippen LogP contribution in [-0.4, -0.2) is 9.13 Å². The van der Waals surface area contributed by atoms with Crippen LogP contribution in [0, 0.1) is 34.0 Å². The Morgan fingerprint density at radius 1 is 0.400 bits per heavy atom. The van der Waals surface area contributed by atoms with Crippen molar-refractivity contribution in [3.05, 3.63) is 168 Å². The predicted molar refractivity (Wildman–Crippen MR) is 200 cm³/mol. The normalized spacial score (nSPS) is 11.1. The molecule has 0 bridgehead atoms. The molecule has 2 heterocycles. The van der Waals surface area contributed by atoms with Crippen LogP contribution in [0.4, 0.5) is 0 Å². The van der Waals surface area contributed by atoms with Gasteiger partial charge in [-0.2, -0.15) is 15.8 Å². The zero-order chi connectivity index (χ0) is 33.8. The number of fused-ring (bicyclic) bond motifs is 6. The minimum Gasteiger partial charge on any atom is -0.309 e. The van der Waals surface area contributed by atoms with Crippen LogP contribution in [0.15, 0.2) is 152 Å². The smallest absolute Gasteiger partial charge is 0.101 e. The third-order valence-corrected chi connectivity index (χ3v) is 9.63. The van der Waals surface area contributed by atoms with Crippen LogP contribution in [-0.2, 0) is 0 Å². The molecule has 0 atom stereocenters. The van der Waals surface area contributed by atoms with Gasteiger partial charge in [0.15, 0.2) is 0 Å². The maximum Gasteiger partial charge on any atom is 0.101 e. The van der Waals surface area contributed by atoms with Crippen LogP contribution in [0.2, 0.25) is 0 Å². The lowest BCUT2D eigenvalue weighted by atomic mass is 9.94. The third kappa shape index (κ3) is 4.31. The fourth-order valence-electron chi connectivity index (χ4n) is 7.45. The van der Waals surface area contributed by atoms with Gasteiger partial charge in [0.1, 0.15) is 6.07 Å². The van der Waals surface area contributed by atoms with E-state index in [1.165, 1.54) is 0 Å². The molecule has 50 heavy (non-hydrogen) atoms. The van der Waals surface area contributed by atoms with E-state index in [-0.39, 0.29) is 0 Å². The standard InChI is InChI=1S/C45H25N5/c46-26-29-19-22-44-40(23-29)38-14-3-6-18-43(38)50(44)42-17-5-1-12-36(42)35-21-20-31(24-33(35)28-48)30-9-7-11-34(25-30)49-41-16-4-2-13-37(41)39-15-8-10-32(27-47)45(39)49/h1-25H. The van der Waals surface area contributed by atoms with Gasteiger partial charge in [0.2, 0.25) is 0 Å². The SMILES string of the molecule is N#Cc1ccc2c(c1)c1ccccc1n2-c1ccccc1-c1ccc(-c2cccc(-n3c4ccccc4c4cccc(C#N)c43)c2)cc1C#N. The molecule has 7 aromatic carbocycles. The molecule has 0 fully saturated rings. The Labute approximate surface area is 287 Å². The van der Waals surface area contributed by atoms with Gasteiger partial charge in [0, 0.05) is 38.4 Å². The molecule has 9 rings (SSSR count). The molecular formula is C45H25N5. The van der Waals surface area contributed by atoms with Crippen LogP contribution in [0.1, 0.15) is 16.7 Å². The van der Waals surface area contributed by atoms with Gasteiger partial charge in [-0.1, -0.05) is 91.0 Å². The van der Waals surface area contributed by atoms with Crippen molar-refractivity contribution < 1.29 is 0 Å². The van der Waals surface area contributed by atoms with Gasteiger partial charge < -0.3 is 9.13 Å². The molecule has 0 aliphatic rings. The molecule has 0 aliphatic carbocycles. The number of para-hydroxylation sites is 4. The lowest BCUT2D eigenvalue weighted by Crippen LogP contribution is -1.98. The Hall–Kier alpha value is -7.39. The number of hydrogen-bond donors (Lipinski definition) is 0. The highest BCUT2D eigenvalue weighted by Crippen LogP contribution is 2.39. The Morgan fingerprint density at radius 2 is 1.06 bits per heavy atom. The molecule has 5 heteroatoms. The minimum atomic E-state index is 0.566. The van der Waals surface area contributed by atoms with E-state index < -0.39 is 0 Å². The molecule has 2 aromatic heterocycles. The van der Waals surface area contributed by atoms with Gasteiger partial charge in [-0.05, 0) is 71.8 Å².